The molecule has 1 nitrogen and oxygen atoms in total. The summed E-state index contributed by atoms with van der Waals surface area (Å²) in [6.45, 7) is 3.11. The Bertz CT molecular complexity index is 27.7. The first-order valence-corrected chi connectivity index (χ1v) is 2.90. The highest BCUT2D eigenvalue weighted by Gasteiger charge is 1.79. The standard InChI is InChI=1S/C6H14O.BrH/c1-3-4-5-6-7-2;/h3-6H2,1-2H3;1H. The average Bonchev–Trinajstić information content (AvgIpc) is 1.69. The van der Waals surface area contributed by atoms with E-state index in [1.165, 1.54) is 19.3 Å². The molecule has 0 aromatic heterocycles. The average molecular weight is 183 g/mol. The van der Waals surface area contributed by atoms with Crippen molar-refractivity contribution in [1.29, 1.82) is 0 Å². The summed E-state index contributed by atoms with van der Waals surface area (Å²) in [6, 6.07) is 0. The van der Waals surface area contributed by atoms with E-state index in [0.29, 0.717) is 0 Å². The summed E-state index contributed by atoms with van der Waals surface area (Å²) in [6.07, 6.45) is 3.80. The van der Waals surface area contributed by atoms with Crippen LogP contribution >= 0.6 is 17.0 Å². The van der Waals surface area contributed by atoms with Crippen molar-refractivity contribution in [2.24, 2.45) is 0 Å². The van der Waals surface area contributed by atoms with Gasteiger partial charge in [0.25, 0.3) is 0 Å². The molecule has 0 aliphatic heterocycles. The van der Waals surface area contributed by atoms with Gasteiger partial charge < -0.3 is 4.74 Å². The SMILES string of the molecule is Br.CCCCCOC. The van der Waals surface area contributed by atoms with Gasteiger partial charge in [0.1, 0.15) is 0 Å². The second-order valence-electron chi connectivity index (χ2n) is 1.70. The van der Waals surface area contributed by atoms with E-state index < -0.39 is 0 Å². The van der Waals surface area contributed by atoms with Crippen LogP contribution in [0.15, 0.2) is 0 Å². The minimum absolute atomic E-state index is 0. The highest BCUT2D eigenvalue weighted by Crippen LogP contribution is 1.91. The molecule has 0 aromatic carbocycles. The molecule has 0 amide bonds. The maximum absolute atomic E-state index is 4.84. The summed E-state index contributed by atoms with van der Waals surface area (Å²) in [5.41, 5.74) is 0. The predicted octanol–water partition coefficient (Wildman–Crippen LogP) is 2.40. The summed E-state index contributed by atoms with van der Waals surface area (Å²) in [5.74, 6) is 0. The van der Waals surface area contributed by atoms with Gasteiger partial charge in [-0.05, 0) is 6.42 Å². The van der Waals surface area contributed by atoms with E-state index in [0.717, 1.165) is 6.61 Å². The van der Waals surface area contributed by atoms with Crippen LogP contribution in [0.1, 0.15) is 26.2 Å². The lowest BCUT2D eigenvalue weighted by Gasteiger charge is -1.92. The maximum atomic E-state index is 4.84. The molecule has 0 heterocycles. The summed E-state index contributed by atoms with van der Waals surface area (Å²) < 4.78 is 4.84. The Balaban J connectivity index is 0. The lowest BCUT2D eigenvalue weighted by molar-refractivity contribution is 0.192. The second kappa shape index (κ2) is 10.4. The molecule has 0 fully saturated rings. The summed E-state index contributed by atoms with van der Waals surface area (Å²) in [5, 5.41) is 0. The van der Waals surface area contributed by atoms with Crippen LogP contribution < -0.4 is 0 Å². The van der Waals surface area contributed by atoms with Crippen LogP contribution in [0.3, 0.4) is 0 Å². The Morgan fingerprint density at radius 1 is 1.25 bits per heavy atom. The Hall–Kier alpha value is 0.440. The number of hydrogen-bond acceptors (Lipinski definition) is 1. The zero-order valence-electron chi connectivity index (χ0n) is 5.64. The van der Waals surface area contributed by atoms with E-state index in [4.69, 9.17) is 4.74 Å². The van der Waals surface area contributed by atoms with Crippen molar-refractivity contribution in [1.82, 2.24) is 0 Å². The Morgan fingerprint density at radius 3 is 2.25 bits per heavy atom. The van der Waals surface area contributed by atoms with Crippen molar-refractivity contribution in [3.05, 3.63) is 0 Å². The highest BCUT2D eigenvalue weighted by atomic mass is 79.9. The van der Waals surface area contributed by atoms with Crippen LogP contribution in [-0.2, 0) is 4.74 Å². The molecular formula is C6H15BrO. The van der Waals surface area contributed by atoms with E-state index in [1.54, 1.807) is 7.11 Å². The first-order chi connectivity index (χ1) is 3.41. The van der Waals surface area contributed by atoms with Gasteiger partial charge in [-0.1, -0.05) is 19.8 Å². The zero-order chi connectivity index (χ0) is 5.54. The molecule has 2 heteroatoms. The lowest BCUT2D eigenvalue weighted by Crippen LogP contribution is -1.85. The van der Waals surface area contributed by atoms with Crippen LogP contribution in [0.25, 0.3) is 0 Å². The third kappa shape index (κ3) is 9.67. The van der Waals surface area contributed by atoms with Crippen molar-refractivity contribution in [3.8, 4) is 0 Å². The fourth-order valence-electron chi connectivity index (χ4n) is 0.496. The Morgan fingerprint density at radius 2 is 1.88 bits per heavy atom. The molecule has 0 N–H and O–H groups in total. The molecule has 0 radical (unpaired) electrons. The summed E-state index contributed by atoms with van der Waals surface area (Å²) >= 11 is 0. The van der Waals surface area contributed by atoms with Gasteiger partial charge in [0.15, 0.2) is 0 Å². The van der Waals surface area contributed by atoms with E-state index in [1.807, 2.05) is 0 Å². The van der Waals surface area contributed by atoms with Crippen LogP contribution in [0.2, 0.25) is 0 Å². The number of rotatable bonds is 4. The number of ether oxygens (including phenoxy) is 1. The first kappa shape index (κ1) is 11.3. The zero-order valence-corrected chi connectivity index (χ0v) is 7.36. The van der Waals surface area contributed by atoms with Gasteiger partial charge in [-0.25, -0.2) is 0 Å². The molecule has 52 valence electrons. The lowest BCUT2D eigenvalue weighted by atomic mass is 10.3. The van der Waals surface area contributed by atoms with Crippen molar-refractivity contribution in [2.75, 3.05) is 13.7 Å². The number of hydrogen-bond donors (Lipinski definition) is 0. The van der Waals surface area contributed by atoms with Crippen LogP contribution in [0.5, 0.6) is 0 Å². The number of halogens is 1. The van der Waals surface area contributed by atoms with E-state index >= 15 is 0 Å². The van der Waals surface area contributed by atoms with Gasteiger partial charge in [0.2, 0.25) is 0 Å². The number of methoxy groups -OCH3 is 1. The van der Waals surface area contributed by atoms with E-state index in [2.05, 4.69) is 6.92 Å². The summed E-state index contributed by atoms with van der Waals surface area (Å²) in [7, 11) is 1.75. The fraction of sp³-hybridized carbons (Fsp3) is 1.00. The van der Waals surface area contributed by atoms with E-state index in [9.17, 15) is 0 Å². The molecule has 8 heavy (non-hydrogen) atoms. The predicted molar refractivity (Wildman–Crippen MR) is 41.7 cm³/mol. The molecule has 0 saturated heterocycles. The molecule has 0 atom stereocenters. The summed E-state index contributed by atoms with van der Waals surface area (Å²) in [4.78, 5) is 0. The van der Waals surface area contributed by atoms with Crippen molar-refractivity contribution in [3.63, 3.8) is 0 Å². The second-order valence-corrected chi connectivity index (χ2v) is 1.70. The van der Waals surface area contributed by atoms with Gasteiger partial charge >= 0.3 is 0 Å². The molecule has 0 aromatic rings. The van der Waals surface area contributed by atoms with Crippen molar-refractivity contribution < 1.29 is 4.74 Å². The van der Waals surface area contributed by atoms with Gasteiger partial charge in [-0.15, -0.1) is 17.0 Å². The van der Waals surface area contributed by atoms with E-state index in [-0.39, 0.29) is 17.0 Å². The third-order valence-electron chi connectivity index (χ3n) is 0.952. The van der Waals surface area contributed by atoms with Gasteiger partial charge in [-0.2, -0.15) is 0 Å². The minimum Gasteiger partial charge on any atom is -0.385 e. The molecule has 0 aliphatic rings. The molecular weight excluding hydrogens is 168 g/mol. The monoisotopic (exact) mass is 182 g/mol. The molecule has 0 bridgehead atoms. The van der Waals surface area contributed by atoms with Gasteiger partial charge in [-0.3, -0.25) is 0 Å². The molecule has 0 unspecified atom stereocenters. The maximum Gasteiger partial charge on any atom is 0.0462 e. The van der Waals surface area contributed by atoms with Gasteiger partial charge in [0, 0.05) is 13.7 Å². The van der Waals surface area contributed by atoms with Crippen LogP contribution in [0, 0.1) is 0 Å². The molecule has 0 aliphatic carbocycles. The minimum atomic E-state index is 0. The fourth-order valence-corrected chi connectivity index (χ4v) is 0.496. The topological polar surface area (TPSA) is 9.23 Å². The largest absolute Gasteiger partial charge is 0.385 e. The molecule has 0 spiro atoms. The Labute approximate surface area is 62.2 Å². The first-order valence-electron chi connectivity index (χ1n) is 2.90. The third-order valence-corrected chi connectivity index (χ3v) is 0.952. The smallest absolute Gasteiger partial charge is 0.0462 e. The normalized spacial score (nSPS) is 8.25. The highest BCUT2D eigenvalue weighted by molar-refractivity contribution is 8.93. The number of unbranched alkanes of at least 4 members (excludes halogenated alkanes) is 2. The van der Waals surface area contributed by atoms with Crippen molar-refractivity contribution in [2.45, 2.75) is 26.2 Å². The van der Waals surface area contributed by atoms with Crippen LogP contribution in [-0.4, -0.2) is 13.7 Å². The van der Waals surface area contributed by atoms with Crippen LogP contribution in [0.4, 0.5) is 0 Å². The molecule has 0 saturated carbocycles. The van der Waals surface area contributed by atoms with Gasteiger partial charge in [0.05, 0.1) is 0 Å². The molecule has 0 rings (SSSR count). The quantitative estimate of drug-likeness (QED) is 0.608. The Kier molecular flexibility index (Phi) is 14.7. The van der Waals surface area contributed by atoms with Crippen molar-refractivity contribution >= 4 is 17.0 Å².